The van der Waals surface area contributed by atoms with E-state index in [1.54, 1.807) is 0 Å². The molecule has 0 spiro atoms. The summed E-state index contributed by atoms with van der Waals surface area (Å²) in [5, 5.41) is 0.768. The minimum atomic E-state index is 0.378. The molecular weight excluding hydrogens is 254 g/mol. The van der Waals surface area contributed by atoms with Crippen LogP contribution in [0.5, 0.6) is 0 Å². The lowest BCUT2D eigenvalue weighted by Gasteiger charge is -2.21. The molecule has 0 aliphatic heterocycles. The maximum atomic E-state index is 5.96. The molecule has 0 fully saturated rings. The molecule has 0 saturated heterocycles. The lowest BCUT2D eigenvalue weighted by molar-refractivity contribution is 0.769. The van der Waals surface area contributed by atoms with Crippen LogP contribution in [0.15, 0.2) is 53.1 Å². The van der Waals surface area contributed by atoms with Crippen molar-refractivity contribution in [2.45, 2.75) is 26.2 Å². The highest BCUT2D eigenvalue weighted by molar-refractivity contribution is 6.30. The van der Waals surface area contributed by atoms with Crippen molar-refractivity contribution in [3.8, 4) is 0 Å². The van der Waals surface area contributed by atoms with Crippen molar-refractivity contribution in [2.24, 2.45) is 10.9 Å². The van der Waals surface area contributed by atoms with Gasteiger partial charge < -0.3 is 0 Å². The average Bonchev–Trinajstić information content (AvgIpc) is 2.47. The van der Waals surface area contributed by atoms with E-state index < -0.39 is 0 Å². The number of nitrogens with zero attached hydrogens (tertiary/aromatic N) is 1. The van der Waals surface area contributed by atoms with Crippen LogP contribution in [0.25, 0.3) is 0 Å². The molecule has 2 heteroatoms. The fourth-order valence-corrected chi connectivity index (χ4v) is 2.71. The first kappa shape index (κ1) is 14.1. The largest absolute Gasteiger partial charge is 0.292 e. The molecule has 1 aliphatic rings. The third-order valence-corrected chi connectivity index (χ3v) is 3.80. The molecule has 2 rings (SSSR count). The van der Waals surface area contributed by atoms with Gasteiger partial charge in [-0.3, -0.25) is 4.99 Å². The minimum absolute atomic E-state index is 0.378. The van der Waals surface area contributed by atoms with Gasteiger partial charge in [0.05, 0.1) is 0 Å². The Morgan fingerprint density at radius 2 is 2.00 bits per heavy atom. The van der Waals surface area contributed by atoms with Crippen molar-refractivity contribution >= 4 is 17.3 Å². The summed E-state index contributed by atoms with van der Waals surface area (Å²) >= 11 is 5.96. The molecule has 0 aromatic heterocycles. The number of halogens is 1. The second kappa shape index (κ2) is 6.72. The Morgan fingerprint density at radius 3 is 2.53 bits per heavy atom. The number of aliphatic imine (C=N–C) groups is 1. The Morgan fingerprint density at radius 1 is 1.26 bits per heavy atom. The first-order valence-corrected chi connectivity index (χ1v) is 7.23. The molecule has 1 nitrogen and oxygen atoms in total. The number of hydrogen-bond donors (Lipinski definition) is 0. The van der Waals surface area contributed by atoms with E-state index in [-0.39, 0.29) is 0 Å². The highest BCUT2D eigenvalue weighted by Crippen LogP contribution is 2.26. The van der Waals surface area contributed by atoms with E-state index in [1.165, 1.54) is 11.1 Å². The van der Waals surface area contributed by atoms with E-state index in [1.807, 2.05) is 19.2 Å². The Hall–Kier alpha value is -1.34. The van der Waals surface area contributed by atoms with Crippen molar-refractivity contribution in [1.29, 1.82) is 0 Å². The molecule has 1 unspecified atom stereocenters. The molecule has 1 aliphatic carbocycles. The summed E-state index contributed by atoms with van der Waals surface area (Å²) in [6.07, 6.45) is 10.2. The lowest BCUT2D eigenvalue weighted by Crippen LogP contribution is -2.17. The van der Waals surface area contributed by atoms with E-state index in [4.69, 9.17) is 11.6 Å². The van der Waals surface area contributed by atoms with E-state index >= 15 is 0 Å². The van der Waals surface area contributed by atoms with Crippen molar-refractivity contribution in [2.75, 3.05) is 7.05 Å². The van der Waals surface area contributed by atoms with Gasteiger partial charge in [-0.25, -0.2) is 0 Å². The van der Waals surface area contributed by atoms with Gasteiger partial charge in [0.1, 0.15) is 0 Å². The SMILES string of the molecule is CCC(C1=CCCC=C1)/C(=N\C)c1ccc(Cl)cc1. The summed E-state index contributed by atoms with van der Waals surface area (Å²) in [6.45, 7) is 2.22. The maximum absolute atomic E-state index is 5.96. The van der Waals surface area contributed by atoms with Crippen LogP contribution in [-0.2, 0) is 0 Å². The number of allylic oxidation sites excluding steroid dienone is 4. The number of hydrogen-bond acceptors (Lipinski definition) is 1. The smallest absolute Gasteiger partial charge is 0.0491 e. The molecule has 19 heavy (non-hydrogen) atoms. The summed E-state index contributed by atoms with van der Waals surface area (Å²) in [6, 6.07) is 7.97. The van der Waals surface area contributed by atoms with Gasteiger partial charge in [0.15, 0.2) is 0 Å². The van der Waals surface area contributed by atoms with Crippen molar-refractivity contribution in [1.82, 2.24) is 0 Å². The average molecular weight is 274 g/mol. The zero-order chi connectivity index (χ0) is 13.7. The van der Waals surface area contributed by atoms with E-state index in [2.05, 4.69) is 42.3 Å². The Bertz CT molecular complexity index is 509. The van der Waals surface area contributed by atoms with E-state index in [0.29, 0.717) is 5.92 Å². The third-order valence-electron chi connectivity index (χ3n) is 3.55. The van der Waals surface area contributed by atoms with E-state index in [9.17, 15) is 0 Å². The molecular formula is C17H20ClN. The zero-order valence-electron chi connectivity index (χ0n) is 11.6. The third kappa shape index (κ3) is 3.36. The van der Waals surface area contributed by atoms with Crippen LogP contribution in [0.2, 0.25) is 5.02 Å². The van der Waals surface area contributed by atoms with Gasteiger partial charge in [0.25, 0.3) is 0 Å². The van der Waals surface area contributed by atoms with Crippen LogP contribution >= 0.6 is 11.6 Å². The molecule has 0 heterocycles. The minimum Gasteiger partial charge on any atom is -0.292 e. The first-order chi connectivity index (χ1) is 9.26. The van der Waals surface area contributed by atoms with Gasteiger partial charge in [0, 0.05) is 23.7 Å². The van der Waals surface area contributed by atoms with Crippen LogP contribution in [0.1, 0.15) is 31.7 Å². The molecule has 1 atom stereocenters. The second-order valence-corrected chi connectivity index (χ2v) is 5.20. The predicted octanol–water partition coefficient (Wildman–Crippen LogP) is 5.06. The van der Waals surface area contributed by atoms with Crippen LogP contribution in [0, 0.1) is 5.92 Å². The normalized spacial score (nSPS) is 17.2. The highest BCUT2D eigenvalue weighted by atomic mass is 35.5. The van der Waals surface area contributed by atoms with Gasteiger partial charge >= 0.3 is 0 Å². The van der Waals surface area contributed by atoms with Gasteiger partial charge in [-0.1, -0.05) is 48.9 Å². The molecule has 0 radical (unpaired) electrons. The van der Waals surface area contributed by atoms with Crippen molar-refractivity contribution in [3.63, 3.8) is 0 Å². The van der Waals surface area contributed by atoms with Crippen LogP contribution in [-0.4, -0.2) is 12.8 Å². The fraction of sp³-hybridized carbons (Fsp3) is 0.353. The van der Waals surface area contributed by atoms with Crippen LogP contribution in [0.4, 0.5) is 0 Å². The Kier molecular flexibility index (Phi) is 4.98. The van der Waals surface area contributed by atoms with Gasteiger partial charge in [0.2, 0.25) is 0 Å². The molecule has 1 aromatic rings. The zero-order valence-corrected chi connectivity index (χ0v) is 12.3. The summed E-state index contributed by atoms with van der Waals surface area (Å²) in [4.78, 5) is 4.53. The summed E-state index contributed by atoms with van der Waals surface area (Å²) in [7, 11) is 1.87. The van der Waals surface area contributed by atoms with Gasteiger partial charge in [-0.2, -0.15) is 0 Å². The Labute approximate surface area is 120 Å². The van der Waals surface area contributed by atoms with Crippen molar-refractivity contribution in [3.05, 3.63) is 58.7 Å². The summed E-state index contributed by atoms with van der Waals surface area (Å²) in [5.74, 6) is 0.378. The quantitative estimate of drug-likeness (QED) is 0.680. The monoisotopic (exact) mass is 273 g/mol. The predicted molar refractivity (Wildman–Crippen MR) is 84.2 cm³/mol. The topological polar surface area (TPSA) is 12.4 Å². The molecule has 100 valence electrons. The molecule has 0 N–H and O–H groups in total. The maximum Gasteiger partial charge on any atom is 0.0491 e. The van der Waals surface area contributed by atoms with Crippen molar-refractivity contribution < 1.29 is 0 Å². The van der Waals surface area contributed by atoms with Gasteiger partial charge in [-0.15, -0.1) is 0 Å². The number of rotatable bonds is 4. The van der Waals surface area contributed by atoms with Gasteiger partial charge in [-0.05, 0) is 42.5 Å². The molecule has 0 saturated carbocycles. The lowest BCUT2D eigenvalue weighted by atomic mass is 9.85. The fourth-order valence-electron chi connectivity index (χ4n) is 2.59. The van der Waals surface area contributed by atoms with Crippen LogP contribution < -0.4 is 0 Å². The molecule has 1 aromatic carbocycles. The van der Waals surface area contributed by atoms with Crippen LogP contribution in [0.3, 0.4) is 0 Å². The molecule has 0 bridgehead atoms. The summed E-state index contributed by atoms with van der Waals surface area (Å²) < 4.78 is 0. The Balaban J connectivity index is 2.32. The second-order valence-electron chi connectivity index (χ2n) is 4.76. The summed E-state index contributed by atoms with van der Waals surface area (Å²) in [5.41, 5.74) is 3.71. The van der Waals surface area contributed by atoms with E-state index in [0.717, 1.165) is 30.0 Å². The molecule has 0 amide bonds. The number of benzene rings is 1. The highest BCUT2D eigenvalue weighted by Gasteiger charge is 2.19. The standard InChI is InChI=1S/C17H20ClN/c1-3-16(13-7-5-4-6-8-13)17(19-2)14-9-11-15(18)12-10-14/h5,7-12,16H,3-4,6H2,1-2H3/b19-17-. The first-order valence-electron chi connectivity index (χ1n) is 6.85.